The number of nitrogens with zero attached hydrogens (tertiary/aromatic N) is 1. The first-order valence-electron chi connectivity index (χ1n) is 18.7. The van der Waals surface area contributed by atoms with Crippen molar-refractivity contribution < 1.29 is 28.1 Å². The van der Waals surface area contributed by atoms with Crippen LogP contribution in [0.4, 0.5) is 0 Å². The molecule has 294 valence electrons. The van der Waals surface area contributed by atoms with E-state index < -0.39 is 13.9 Å². The monoisotopic (exact) mass is 772 g/mol. The van der Waals surface area contributed by atoms with Gasteiger partial charge in [0.15, 0.2) is 5.54 Å². The maximum absolute atomic E-state index is 6.43. The van der Waals surface area contributed by atoms with Gasteiger partial charge in [-0.2, -0.15) is 0 Å². The highest BCUT2D eigenvalue weighted by Gasteiger charge is 2.41. The summed E-state index contributed by atoms with van der Waals surface area (Å²) in [6, 6.07) is 36.3. The quantitative estimate of drug-likeness (QED) is 0.126. The summed E-state index contributed by atoms with van der Waals surface area (Å²) in [5.74, 6) is 4.19. The number of rotatable bonds is 12. The number of ether oxygens (including phenoxy) is 5. The molecule has 0 saturated carbocycles. The van der Waals surface area contributed by atoms with Crippen LogP contribution < -0.4 is 29.1 Å². The zero-order valence-electron chi connectivity index (χ0n) is 34.5. The zero-order chi connectivity index (χ0) is 40.7. The van der Waals surface area contributed by atoms with E-state index in [-0.39, 0.29) is 11.1 Å². The Morgan fingerprint density at radius 2 is 1.34 bits per heavy atom. The van der Waals surface area contributed by atoms with Crippen molar-refractivity contribution >= 4 is 19.9 Å². The molecule has 2 N–H and O–H groups in total. The first kappa shape index (κ1) is 41.5. The van der Waals surface area contributed by atoms with E-state index in [2.05, 4.69) is 70.8 Å². The Morgan fingerprint density at radius 1 is 0.732 bits per heavy atom. The summed E-state index contributed by atoms with van der Waals surface area (Å²) in [6.07, 6.45) is 0. The van der Waals surface area contributed by atoms with Crippen molar-refractivity contribution in [3.63, 3.8) is 0 Å². The molecule has 1 unspecified atom stereocenters. The molecule has 0 bridgehead atoms. The van der Waals surface area contributed by atoms with Crippen LogP contribution in [0.25, 0.3) is 5.57 Å². The van der Waals surface area contributed by atoms with Gasteiger partial charge in [0.05, 0.1) is 21.3 Å². The van der Waals surface area contributed by atoms with Crippen LogP contribution in [0, 0.1) is 13.8 Å². The fourth-order valence-electron chi connectivity index (χ4n) is 6.23. The Balaban J connectivity index is 0.000000220. The lowest BCUT2D eigenvalue weighted by Crippen LogP contribution is -2.43. The summed E-state index contributed by atoms with van der Waals surface area (Å²) >= 11 is 0. The Labute approximate surface area is 334 Å². The first-order valence-corrected chi connectivity index (χ1v) is 21.6. The molecule has 0 saturated heterocycles. The summed E-state index contributed by atoms with van der Waals surface area (Å²) in [5, 5.41) is 0.174. The molecule has 6 rings (SSSR count). The van der Waals surface area contributed by atoms with Crippen LogP contribution in [-0.4, -0.2) is 42.3 Å². The molecule has 0 radical (unpaired) electrons. The van der Waals surface area contributed by atoms with Crippen LogP contribution in [-0.2, 0) is 16.9 Å². The van der Waals surface area contributed by atoms with Crippen molar-refractivity contribution in [1.29, 1.82) is 0 Å². The smallest absolute Gasteiger partial charge is 0.283 e. The predicted molar refractivity (Wildman–Crippen MR) is 230 cm³/mol. The summed E-state index contributed by atoms with van der Waals surface area (Å²) in [7, 11) is 3.16. The van der Waals surface area contributed by atoms with Gasteiger partial charge in [-0.05, 0) is 137 Å². The highest BCUT2D eigenvalue weighted by Crippen LogP contribution is 2.41. The van der Waals surface area contributed by atoms with E-state index in [1.54, 1.807) is 21.3 Å². The molecule has 1 heterocycles. The van der Waals surface area contributed by atoms with Crippen LogP contribution in [0.3, 0.4) is 0 Å². The number of hydrogen-bond acceptors (Lipinski definition) is 8. The van der Waals surface area contributed by atoms with Crippen LogP contribution in [0.5, 0.6) is 28.7 Å². The molecule has 8 nitrogen and oxygen atoms in total. The van der Waals surface area contributed by atoms with E-state index in [0.29, 0.717) is 13.2 Å². The van der Waals surface area contributed by atoms with Crippen molar-refractivity contribution in [3.05, 3.63) is 155 Å². The molecular weight excluding hydrogens is 717 g/mol. The largest absolute Gasteiger partial charge is 0.543 e. The molecule has 1 aliphatic rings. The third-order valence-electron chi connectivity index (χ3n) is 10.6. The fraction of sp³-hybridized carbons (Fsp3) is 0.298. The summed E-state index contributed by atoms with van der Waals surface area (Å²) in [6.45, 7) is 20.4. The highest BCUT2D eigenvalue weighted by atomic mass is 28.4. The lowest BCUT2D eigenvalue weighted by Gasteiger charge is -2.36. The third-order valence-corrected chi connectivity index (χ3v) is 14.9. The van der Waals surface area contributed by atoms with Gasteiger partial charge in [-0.15, -0.1) is 0 Å². The lowest BCUT2D eigenvalue weighted by atomic mass is 9.83. The Bertz CT molecular complexity index is 2190. The van der Waals surface area contributed by atoms with Crippen molar-refractivity contribution in [2.45, 2.75) is 64.9 Å². The van der Waals surface area contributed by atoms with Gasteiger partial charge in [-0.1, -0.05) is 75.9 Å². The van der Waals surface area contributed by atoms with Crippen molar-refractivity contribution in [2.24, 2.45) is 10.7 Å². The van der Waals surface area contributed by atoms with Gasteiger partial charge in [0.1, 0.15) is 42.0 Å². The third kappa shape index (κ3) is 9.57. The van der Waals surface area contributed by atoms with Gasteiger partial charge >= 0.3 is 0 Å². The second kappa shape index (κ2) is 17.4. The summed E-state index contributed by atoms with van der Waals surface area (Å²) in [4.78, 5) is 4.70. The van der Waals surface area contributed by atoms with Crippen LogP contribution in [0.2, 0.25) is 18.1 Å². The van der Waals surface area contributed by atoms with E-state index in [0.717, 1.165) is 73.3 Å². The minimum Gasteiger partial charge on any atom is -0.543 e. The number of methoxy groups -OCH3 is 3. The van der Waals surface area contributed by atoms with E-state index in [9.17, 15) is 0 Å². The topological polar surface area (TPSA) is 93.8 Å². The van der Waals surface area contributed by atoms with Gasteiger partial charge in [0.2, 0.25) is 8.32 Å². The molecule has 5 aromatic carbocycles. The average molecular weight is 773 g/mol. The van der Waals surface area contributed by atoms with Crippen LogP contribution in [0.1, 0.15) is 59.7 Å². The number of aliphatic imine (C=N–C) groups is 1. The van der Waals surface area contributed by atoms with Crippen molar-refractivity contribution in [3.8, 4) is 28.7 Å². The zero-order valence-corrected chi connectivity index (χ0v) is 35.5. The molecule has 5 aromatic rings. The Hall–Kier alpha value is -5.67. The van der Waals surface area contributed by atoms with Gasteiger partial charge in [0, 0.05) is 0 Å². The van der Waals surface area contributed by atoms with Crippen LogP contribution in [0.15, 0.2) is 121 Å². The van der Waals surface area contributed by atoms with E-state index in [1.807, 2.05) is 92.7 Å². The molecule has 56 heavy (non-hydrogen) atoms. The molecule has 1 aliphatic heterocycles. The minimum atomic E-state index is -1.85. The molecule has 0 fully saturated rings. The SMILES string of the molecule is C=C(c1cccc(O[Si](C)(C)C(C)(C)C)c1)c1ccc(OC)c(C)c1.COc1cccc(COc2cccc(C3(c4ccc(OC)c(C)c4)COC(N)=N3)c2)c1. The second-order valence-corrected chi connectivity index (χ2v) is 20.2. The maximum Gasteiger partial charge on any atom is 0.283 e. The molecule has 1 atom stereocenters. The number of nitrogens with two attached hydrogens (primary N) is 1. The lowest BCUT2D eigenvalue weighted by molar-refractivity contribution is 0.276. The van der Waals surface area contributed by atoms with Gasteiger partial charge in [-0.3, -0.25) is 0 Å². The Kier molecular flexibility index (Phi) is 12.9. The fourth-order valence-corrected chi connectivity index (χ4v) is 7.25. The molecule has 0 aliphatic carbocycles. The summed E-state index contributed by atoms with van der Waals surface area (Å²) < 4.78 is 34.1. The molecule has 9 heteroatoms. The number of aryl methyl sites for hydroxylation is 2. The van der Waals surface area contributed by atoms with Gasteiger partial charge in [0.25, 0.3) is 6.02 Å². The number of hydrogen-bond donors (Lipinski definition) is 1. The standard InChI is InChI=1S/C25H26N2O4.C22H30O2Si/c1-17-12-20(10-11-23(17)29-3)25(16-31-24(26)27-25)19-7-5-9-22(14-19)30-15-18-6-4-8-21(13-18)28-2;1-16-14-19(12-13-21(16)23-6)17(2)18-10-9-11-20(15-18)24-25(7,8)22(3,4)5/h4-14H,15-16H2,1-3H3,(H2,26,27);9-15H,2H2,1,3-8H3. The Morgan fingerprint density at radius 3 is 1.96 bits per heavy atom. The molecule has 0 amide bonds. The van der Waals surface area contributed by atoms with Gasteiger partial charge < -0.3 is 33.8 Å². The molecule has 0 aromatic heterocycles. The maximum atomic E-state index is 6.43. The second-order valence-electron chi connectivity index (χ2n) is 15.5. The van der Waals surface area contributed by atoms with E-state index in [4.69, 9.17) is 38.8 Å². The molecular formula is C47H56N2O6Si. The molecule has 0 spiro atoms. The average Bonchev–Trinajstić information content (AvgIpc) is 3.59. The normalized spacial score (nSPS) is 15.1. The van der Waals surface area contributed by atoms with Crippen molar-refractivity contribution in [2.75, 3.05) is 27.9 Å². The van der Waals surface area contributed by atoms with E-state index in [1.165, 1.54) is 0 Å². The number of amidine groups is 1. The predicted octanol–water partition coefficient (Wildman–Crippen LogP) is 10.6. The first-order chi connectivity index (χ1) is 26.6. The number of benzene rings is 5. The van der Waals surface area contributed by atoms with E-state index >= 15 is 0 Å². The minimum absolute atomic E-state index is 0.174. The summed E-state index contributed by atoms with van der Waals surface area (Å²) in [5.41, 5.74) is 13.5. The highest BCUT2D eigenvalue weighted by molar-refractivity contribution is 6.74. The van der Waals surface area contributed by atoms with Crippen molar-refractivity contribution in [1.82, 2.24) is 0 Å². The van der Waals surface area contributed by atoms with Crippen LogP contribution >= 0.6 is 0 Å². The van der Waals surface area contributed by atoms with Gasteiger partial charge in [-0.25, -0.2) is 4.99 Å².